The first-order chi connectivity index (χ1) is 13.3. The van der Waals surface area contributed by atoms with Crippen LogP contribution in [0.25, 0.3) is 0 Å². The first-order valence-corrected chi connectivity index (χ1v) is 9.55. The molecule has 0 bridgehead atoms. The van der Waals surface area contributed by atoms with E-state index in [0.717, 1.165) is 12.2 Å². The highest BCUT2D eigenvalue weighted by Gasteiger charge is 2.34. The van der Waals surface area contributed by atoms with Crippen molar-refractivity contribution >= 4 is 17.4 Å². The summed E-state index contributed by atoms with van der Waals surface area (Å²) in [7, 11) is 1.79. The number of piperidine rings is 1. The number of halogens is 1. The van der Waals surface area contributed by atoms with E-state index < -0.39 is 12.1 Å². The average Bonchev–Trinajstić information content (AvgIpc) is 3.20. The highest BCUT2D eigenvalue weighted by atomic mass is 19.1. The van der Waals surface area contributed by atoms with Gasteiger partial charge in [-0.1, -0.05) is 25.9 Å². The van der Waals surface area contributed by atoms with Crippen LogP contribution in [-0.4, -0.2) is 53.8 Å². The third kappa shape index (κ3) is 4.61. The Morgan fingerprint density at radius 1 is 1.36 bits per heavy atom. The third-order valence-corrected chi connectivity index (χ3v) is 4.82. The standard InChI is InChI=1S/C20H28FN5O2/c1-20(2,3)12-23-16-6-5-15(24-18(16)22-4)13-11-26(9-7-14(13)21)19(27)17-8-10-28-25-17/h5-6,8,10,13-14,23H,7,9,11-12H2,1-4H3,(H,22,24). The second kappa shape index (κ2) is 8.16. The molecule has 2 aromatic rings. The summed E-state index contributed by atoms with van der Waals surface area (Å²) in [5, 5.41) is 10.2. The van der Waals surface area contributed by atoms with E-state index in [-0.39, 0.29) is 30.0 Å². The molecule has 8 heteroatoms. The maximum Gasteiger partial charge on any atom is 0.276 e. The van der Waals surface area contributed by atoms with Gasteiger partial charge in [-0.15, -0.1) is 0 Å². The van der Waals surface area contributed by atoms with Crippen LogP contribution < -0.4 is 10.6 Å². The molecule has 0 radical (unpaired) electrons. The maximum atomic E-state index is 14.7. The van der Waals surface area contributed by atoms with E-state index in [0.29, 0.717) is 18.1 Å². The number of amides is 1. The number of aromatic nitrogens is 2. The third-order valence-electron chi connectivity index (χ3n) is 4.82. The van der Waals surface area contributed by atoms with Crippen molar-refractivity contribution in [3.8, 4) is 0 Å². The highest BCUT2D eigenvalue weighted by Crippen LogP contribution is 2.32. The number of carbonyl (C=O) groups excluding carboxylic acids is 1. The molecule has 2 aromatic heterocycles. The molecule has 28 heavy (non-hydrogen) atoms. The number of hydrogen-bond acceptors (Lipinski definition) is 6. The van der Waals surface area contributed by atoms with Crippen LogP contribution >= 0.6 is 0 Å². The van der Waals surface area contributed by atoms with Gasteiger partial charge < -0.3 is 20.1 Å². The summed E-state index contributed by atoms with van der Waals surface area (Å²) in [5.41, 5.74) is 1.87. The molecule has 2 atom stereocenters. The molecule has 7 nitrogen and oxygen atoms in total. The van der Waals surface area contributed by atoms with Crippen molar-refractivity contribution in [3.05, 3.63) is 35.9 Å². The van der Waals surface area contributed by atoms with Crippen molar-refractivity contribution in [1.82, 2.24) is 15.0 Å². The number of rotatable bonds is 5. The minimum absolute atomic E-state index is 0.124. The van der Waals surface area contributed by atoms with Crippen molar-refractivity contribution in [1.29, 1.82) is 0 Å². The van der Waals surface area contributed by atoms with E-state index in [1.54, 1.807) is 11.9 Å². The van der Waals surface area contributed by atoms with Crippen molar-refractivity contribution < 1.29 is 13.7 Å². The molecule has 152 valence electrons. The first kappa shape index (κ1) is 20.1. The Bertz CT molecular complexity index is 803. The Hall–Kier alpha value is -2.64. The number of nitrogens with zero attached hydrogens (tertiary/aromatic N) is 3. The zero-order valence-corrected chi connectivity index (χ0v) is 16.8. The second-order valence-electron chi connectivity index (χ2n) is 8.34. The van der Waals surface area contributed by atoms with E-state index in [2.05, 4.69) is 41.5 Å². The van der Waals surface area contributed by atoms with E-state index in [9.17, 15) is 9.18 Å². The van der Waals surface area contributed by atoms with Crippen LogP contribution in [0.5, 0.6) is 0 Å². The number of anilines is 2. The topological polar surface area (TPSA) is 83.3 Å². The van der Waals surface area contributed by atoms with Crippen LogP contribution in [0.3, 0.4) is 0 Å². The molecular formula is C20H28FN5O2. The van der Waals surface area contributed by atoms with Gasteiger partial charge in [-0.05, 0) is 24.0 Å². The van der Waals surface area contributed by atoms with Crippen LogP contribution in [0.1, 0.15) is 49.3 Å². The molecule has 1 aliphatic rings. The van der Waals surface area contributed by atoms with Crippen molar-refractivity contribution in [2.45, 2.75) is 39.3 Å². The lowest BCUT2D eigenvalue weighted by atomic mass is 9.92. The lowest BCUT2D eigenvalue weighted by Crippen LogP contribution is -2.44. The SMILES string of the molecule is CNc1nc(C2CN(C(=O)c3ccon3)CCC2F)ccc1NCC(C)(C)C. The number of hydrogen-bond donors (Lipinski definition) is 2. The van der Waals surface area contributed by atoms with E-state index >= 15 is 0 Å². The minimum Gasteiger partial charge on any atom is -0.382 e. The van der Waals surface area contributed by atoms with Crippen LogP contribution in [-0.2, 0) is 0 Å². The van der Waals surface area contributed by atoms with Gasteiger partial charge in [0, 0.05) is 32.7 Å². The zero-order chi connectivity index (χ0) is 20.3. The molecule has 2 N–H and O–H groups in total. The molecule has 1 saturated heterocycles. The smallest absolute Gasteiger partial charge is 0.276 e. The van der Waals surface area contributed by atoms with Crippen LogP contribution in [0, 0.1) is 5.41 Å². The van der Waals surface area contributed by atoms with Crippen LogP contribution in [0.2, 0.25) is 0 Å². The summed E-state index contributed by atoms with van der Waals surface area (Å²) >= 11 is 0. The van der Waals surface area contributed by atoms with E-state index in [1.165, 1.54) is 12.3 Å². The first-order valence-electron chi connectivity index (χ1n) is 9.55. The molecule has 0 saturated carbocycles. The number of likely N-dealkylation sites (tertiary alicyclic amines) is 1. The van der Waals surface area contributed by atoms with Gasteiger partial charge in [0.1, 0.15) is 18.3 Å². The van der Waals surface area contributed by atoms with Gasteiger partial charge in [0.2, 0.25) is 0 Å². The monoisotopic (exact) mass is 389 g/mol. The van der Waals surface area contributed by atoms with Gasteiger partial charge in [-0.25, -0.2) is 9.37 Å². The molecule has 3 rings (SSSR count). The lowest BCUT2D eigenvalue weighted by Gasteiger charge is -2.34. The minimum atomic E-state index is -1.05. The Kier molecular flexibility index (Phi) is 5.86. The summed E-state index contributed by atoms with van der Waals surface area (Å²) in [6.45, 7) is 7.86. The predicted molar refractivity (Wildman–Crippen MR) is 106 cm³/mol. The fourth-order valence-electron chi connectivity index (χ4n) is 3.25. The molecule has 0 aliphatic carbocycles. The van der Waals surface area contributed by atoms with Gasteiger partial charge >= 0.3 is 0 Å². The Morgan fingerprint density at radius 3 is 2.79 bits per heavy atom. The summed E-state index contributed by atoms with van der Waals surface area (Å²) in [6, 6.07) is 5.28. The molecule has 0 aromatic carbocycles. The largest absolute Gasteiger partial charge is 0.382 e. The molecular weight excluding hydrogens is 361 g/mol. The fourth-order valence-corrected chi connectivity index (χ4v) is 3.25. The lowest BCUT2D eigenvalue weighted by molar-refractivity contribution is 0.0612. The molecule has 3 heterocycles. The van der Waals surface area contributed by atoms with Crippen molar-refractivity contribution in [3.63, 3.8) is 0 Å². The van der Waals surface area contributed by atoms with Gasteiger partial charge in [0.05, 0.1) is 17.3 Å². The van der Waals surface area contributed by atoms with Gasteiger partial charge in [-0.2, -0.15) is 0 Å². The maximum absolute atomic E-state index is 14.7. The average molecular weight is 389 g/mol. The summed E-state index contributed by atoms with van der Waals surface area (Å²) in [6.07, 6.45) is 0.581. The Balaban J connectivity index is 1.77. The van der Waals surface area contributed by atoms with E-state index in [1.807, 2.05) is 12.1 Å². The summed E-state index contributed by atoms with van der Waals surface area (Å²) < 4.78 is 19.5. The summed E-state index contributed by atoms with van der Waals surface area (Å²) in [4.78, 5) is 18.8. The van der Waals surface area contributed by atoms with Gasteiger partial charge in [-0.3, -0.25) is 4.79 Å². The second-order valence-corrected chi connectivity index (χ2v) is 8.34. The Morgan fingerprint density at radius 2 is 2.14 bits per heavy atom. The molecule has 1 fully saturated rings. The van der Waals surface area contributed by atoms with Gasteiger partial charge in [0.15, 0.2) is 5.69 Å². The summed E-state index contributed by atoms with van der Waals surface area (Å²) in [5.74, 6) is -0.0507. The Labute approximate surface area is 164 Å². The highest BCUT2D eigenvalue weighted by molar-refractivity contribution is 5.92. The van der Waals surface area contributed by atoms with Gasteiger partial charge in [0.25, 0.3) is 5.91 Å². The molecule has 1 amide bonds. The van der Waals surface area contributed by atoms with Crippen LogP contribution in [0.4, 0.5) is 15.9 Å². The van der Waals surface area contributed by atoms with E-state index in [4.69, 9.17) is 4.52 Å². The molecule has 1 aliphatic heterocycles. The number of nitrogens with one attached hydrogen (secondary N) is 2. The number of pyridine rings is 1. The molecule has 2 unspecified atom stereocenters. The zero-order valence-electron chi connectivity index (χ0n) is 16.8. The van der Waals surface area contributed by atoms with Crippen molar-refractivity contribution in [2.75, 3.05) is 37.3 Å². The number of alkyl halides is 1. The quantitative estimate of drug-likeness (QED) is 0.814. The van der Waals surface area contributed by atoms with Crippen molar-refractivity contribution in [2.24, 2.45) is 5.41 Å². The van der Waals surface area contributed by atoms with Crippen LogP contribution in [0.15, 0.2) is 29.0 Å². The fraction of sp³-hybridized carbons (Fsp3) is 0.550. The predicted octanol–water partition coefficient (Wildman–Crippen LogP) is 3.54. The normalized spacial score (nSPS) is 20.1. The molecule has 0 spiro atoms. The number of carbonyl (C=O) groups is 1.